The summed E-state index contributed by atoms with van der Waals surface area (Å²) in [7, 11) is 4.51. The normalized spacial score (nSPS) is 19.2. The van der Waals surface area contributed by atoms with Crippen molar-refractivity contribution in [3.63, 3.8) is 0 Å². The van der Waals surface area contributed by atoms with E-state index in [2.05, 4.69) is 10.2 Å². The van der Waals surface area contributed by atoms with Gasteiger partial charge in [-0.1, -0.05) is 48.5 Å². The highest BCUT2D eigenvalue weighted by Crippen LogP contribution is 2.39. The van der Waals surface area contributed by atoms with Gasteiger partial charge in [-0.15, -0.1) is 0 Å². The van der Waals surface area contributed by atoms with Crippen molar-refractivity contribution in [2.75, 3.05) is 64.1 Å². The Bertz CT molecular complexity index is 1800. The average molecular weight is 546 g/mol. The third kappa shape index (κ3) is 5.83. The lowest BCUT2D eigenvalue weighted by Gasteiger charge is -2.32. The number of piperazine rings is 1. The van der Waals surface area contributed by atoms with E-state index in [9.17, 15) is 14.4 Å². The van der Waals surface area contributed by atoms with Crippen LogP contribution in [0.2, 0.25) is 0 Å². The lowest BCUT2D eigenvalue weighted by atomic mass is 9.90. The Morgan fingerprint density at radius 3 is 2.38 bits per heavy atom. The zero-order valence-corrected chi connectivity index (χ0v) is 22.6. The largest absolute Gasteiger partial charge is 0.465 e. The second-order valence-corrected chi connectivity index (χ2v) is 9.70. The van der Waals surface area contributed by atoms with Gasteiger partial charge in [-0.3, -0.25) is 14.5 Å². The van der Waals surface area contributed by atoms with E-state index in [4.69, 9.17) is 14.3 Å². The van der Waals surface area contributed by atoms with Crippen molar-refractivity contribution in [3.8, 4) is 0 Å². The van der Waals surface area contributed by atoms with Crippen LogP contribution in [0, 0.1) is 0 Å². The minimum Gasteiger partial charge on any atom is -0.465 e. The summed E-state index contributed by atoms with van der Waals surface area (Å²) in [6.07, 6.45) is -0.292. The number of hydrogen-bond acceptors (Lipinski definition) is 6. The second-order valence-electron chi connectivity index (χ2n) is 9.70. The number of methoxy groups -OCH3 is 1. The predicted molar refractivity (Wildman–Crippen MR) is 157 cm³/mol. The van der Waals surface area contributed by atoms with Gasteiger partial charge in [0.25, 0.3) is 5.91 Å². The van der Waals surface area contributed by atoms with Gasteiger partial charge in [0.05, 0.1) is 34.4 Å². The van der Waals surface area contributed by atoms with Crippen LogP contribution in [0.1, 0.15) is 36.6 Å². The summed E-state index contributed by atoms with van der Waals surface area (Å²) in [5.74, 6) is -2.09. The highest BCUT2D eigenvalue weighted by molar-refractivity contribution is 6.37. The van der Waals surface area contributed by atoms with Gasteiger partial charge in [0, 0.05) is 50.2 Å². The summed E-state index contributed by atoms with van der Waals surface area (Å²) < 4.78 is 65.9. The second kappa shape index (κ2) is 11.9. The Morgan fingerprint density at radius 2 is 1.70 bits per heavy atom. The van der Waals surface area contributed by atoms with Crippen molar-refractivity contribution in [3.05, 3.63) is 94.9 Å². The molecule has 3 aromatic rings. The van der Waals surface area contributed by atoms with E-state index in [0.29, 0.717) is 18.7 Å². The number of fused-ring (bicyclic) bond motifs is 1. The Morgan fingerprint density at radius 1 is 1.00 bits per heavy atom. The zero-order valence-electron chi connectivity index (χ0n) is 29.6. The van der Waals surface area contributed by atoms with E-state index in [1.807, 2.05) is 11.9 Å². The number of anilines is 2. The van der Waals surface area contributed by atoms with Crippen LogP contribution in [0.25, 0.3) is 11.1 Å². The first-order valence-electron chi connectivity index (χ1n) is 16.4. The molecule has 0 bridgehead atoms. The van der Waals surface area contributed by atoms with Crippen LogP contribution in [-0.4, -0.2) is 81.5 Å². The van der Waals surface area contributed by atoms with Gasteiger partial charge in [0.15, 0.2) is 0 Å². The average Bonchev–Trinajstić information content (AvgIpc) is 3.41. The van der Waals surface area contributed by atoms with Crippen LogP contribution in [0.5, 0.6) is 0 Å². The first-order chi connectivity index (χ1) is 22.3. The molecule has 0 spiro atoms. The number of hydrogen-bond donors (Lipinski definition) is 1. The van der Waals surface area contributed by atoms with Crippen molar-refractivity contribution in [2.45, 2.75) is 6.42 Å². The van der Waals surface area contributed by atoms with Crippen molar-refractivity contribution < 1.29 is 28.7 Å². The van der Waals surface area contributed by atoms with Gasteiger partial charge in [-0.05, 0) is 54.3 Å². The Hall–Kier alpha value is -4.27. The maximum Gasteiger partial charge on any atom is 0.337 e. The Labute approximate surface area is 244 Å². The fourth-order valence-corrected chi connectivity index (χ4v) is 4.64. The topological polar surface area (TPSA) is 82.2 Å². The Balaban J connectivity index is 1.63. The lowest BCUT2D eigenvalue weighted by molar-refractivity contribution is -0.119. The monoisotopic (exact) mass is 545 g/mol. The van der Waals surface area contributed by atoms with Crippen molar-refractivity contribution in [1.82, 2.24) is 9.80 Å². The van der Waals surface area contributed by atoms with E-state index in [1.54, 1.807) is 30.3 Å². The molecule has 8 nitrogen and oxygen atoms in total. The molecule has 0 aromatic heterocycles. The number of benzene rings is 3. The number of esters is 1. The molecule has 2 amide bonds. The Kier molecular flexibility index (Phi) is 5.85. The minimum absolute atomic E-state index is 0.0498. The van der Waals surface area contributed by atoms with Gasteiger partial charge in [0.2, 0.25) is 5.91 Å². The lowest BCUT2D eigenvalue weighted by Crippen LogP contribution is -2.48. The predicted octanol–water partition coefficient (Wildman–Crippen LogP) is 3.79. The number of amides is 2. The molecule has 0 radical (unpaired) electrons. The number of carbonyl (C=O) groups is 3. The SMILES string of the molecule is [2H]c1c([2H])c(N(C)C(=O)CN2CCN(C)CC2)c([2H])c([2H])c1C/C(=C1\C(=O)Nc2c([2H])c(C(=O)OC)c([2H])c([2H])c21)c1ccccc1. The van der Waals surface area contributed by atoms with Crippen molar-refractivity contribution in [1.29, 1.82) is 0 Å². The highest BCUT2D eigenvalue weighted by atomic mass is 16.5. The molecule has 2 heterocycles. The van der Waals surface area contributed by atoms with Crippen LogP contribution in [-0.2, 0) is 20.7 Å². The molecule has 2 aliphatic rings. The summed E-state index contributed by atoms with van der Waals surface area (Å²) in [6, 6.07) is 5.30. The van der Waals surface area contributed by atoms with Crippen molar-refractivity contribution in [2.24, 2.45) is 0 Å². The molecular formula is C32H34N4O4. The molecule has 40 heavy (non-hydrogen) atoms. The van der Waals surface area contributed by atoms with E-state index in [0.717, 1.165) is 25.1 Å². The van der Waals surface area contributed by atoms with E-state index in [-0.39, 0.29) is 52.5 Å². The maximum atomic E-state index is 13.6. The first-order valence-corrected chi connectivity index (χ1v) is 12.9. The summed E-state index contributed by atoms with van der Waals surface area (Å²) in [6.45, 7) is 3.04. The van der Waals surface area contributed by atoms with Crippen LogP contribution in [0.3, 0.4) is 0 Å². The zero-order chi connectivity index (χ0) is 34.3. The van der Waals surface area contributed by atoms with Crippen LogP contribution in [0.15, 0.2) is 72.6 Å². The fourth-order valence-electron chi connectivity index (χ4n) is 4.64. The third-order valence-electron chi connectivity index (χ3n) is 7.02. The van der Waals surface area contributed by atoms with Crippen LogP contribution < -0.4 is 10.2 Å². The van der Waals surface area contributed by atoms with Gasteiger partial charge >= 0.3 is 5.97 Å². The molecule has 1 saturated heterocycles. The number of nitrogens with one attached hydrogen (secondary N) is 1. The summed E-state index contributed by atoms with van der Waals surface area (Å²) in [5, 5.41) is 2.55. The molecule has 5 rings (SSSR count). The summed E-state index contributed by atoms with van der Waals surface area (Å²) >= 11 is 0. The number of nitrogens with zero attached hydrogens (tertiary/aromatic N) is 3. The van der Waals surface area contributed by atoms with E-state index in [1.165, 1.54) is 7.05 Å². The summed E-state index contributed by atoms with van der Waals surface area (Å²) in [4.78, 5) is 44.4. The van der Waals surface area contributed by atoms with Gasteiger partial charge in [-0.25, -0.2) is 4.79 Å². The standard InChI is InChI=1S/C32H34N4O4/c1-34-15-17-36(18-16-34)21-29(37)35(2)25-12-9-22(10-13-25)19-27(23-7-5-4-6-8-23)30-26-14-11-24(32(39)40-3)20-28(26)33-31(30)38/h4-14,20H,15-19,21H2,1-3H3,(H,33,38)/b30-27+/i9D,10D,11D,12D,13D,14D,20D. The maximum absolute atomic E-state index is 13.6. The molecule has 206 valence electrons. The van der Waals surface area contributed by atoms with E-state index < -0.39 is 59.7 Å². The van der Waals surface area contributed by atoms with Crippen LogP contribution >= 0.6 is 0 Å². The van der Waals surface area contributed by atoms with E-state index >= 15 is 0 Å². The molecule has 2 aliphatic heterocycles. The minimum atomic E-state index is -0.998. The number of ether oxygens (including phenoxy) is 1. The number of carbonyl (C=O) groups excluding carboxylic acids is 3. The van der Waals surface area contributed by atoms with Crippen molar-refractivity contribution >= 4 is 40.3 Å². The number of rotatable bonds is 7. The molecule has 8 heteroatoms. The van der Waals surface area contributed by atoms with Gasteiger partial charge in [0.1, 0.15) is 0 Å². The van der Waals surface area contributed by atoms with Gasteiger partial charge < -0.3 is 19.9 Å². The molecular weight excluding hydrogens is 504 g/mol. The van der Waals surface area contributed by atoms with Crippen LogP contribution in [0.4, 0.5) is 11.4 Å². The third-order valence-corrected chi connectivity index (χ3v) is 7.02. The smallest absolute Gasteiger partial charge is 0.337 e. The molecule has 0 unspecified atom stereocenters. The number of allylic oxidation sites excluding steroid dienone is 1. The molecule has 0 saturated carbocycles. The quantitative estimate of drug-likeness (QED) is 0.360. The molecule has 0 atom stereocenters. The molecule has 1 fully saturated rings. The first kappa shape index (κ1) is 19.7. The molecule has 1 N–H and O–H groups in total. The highest BCUT2D eigenvalue weighted by Gasteiger charge is 2.29. The van der Waals surface area contributed by atoms with Gasteiger partial charge in [-0.2, -0.15) is 0 Å². The molecule has 0 aliphatic carbocycles. The summed E-state index contributed by atoms with van der Waals surface area (Å²) in [5.41, 5.74) is -0.301. The fraction of sp³-hybridized carbons (Fsp3) is 0.281. The number of likely N-dealkylation sites (N-methyl/N-ethyl adjacent to an activating group) is 2. The molecule has 3 aromatic carbocycles.